The first-order valence-corrected chi connectivity index (χ1v) is 9.88. The Kier molecular flexibility index (Phi) is 4.62. The number of nitrogens with one attached hydrogen (secondary N) is 1. The van der Waals surface area contributed by atoms with Crippen LogP contribution in [0.3, 0.4) is 0 Å². The van der Waals surface area contributed by atoms with Crippen LogP contribution in [0.1, 0.15) is 32.6 Å². The van der Waals surface area contributed by atoms with Gasteiger partial charge in [0.2, 0.25) is 5.28 Å². The molecule has 2 bridgehead atoms. The van der Waals surface area contributed by atoms with Gasteiger partial charge in [0.05, 0.1) is 12.5 Å². The number of hydrogen-bond donors (Lipinski definition) is 1. The van der Waals surface area contributed by atoms with Gasteiger partial charge < -0.3 is 10.1 Å². The number of esters is 1. The predicted molar refractivity (Wildman–Crippen MR) is 98.7 cm³/mol. The van der Waals surface area contributed by atoms with E-state index in [1.807, 2.05) is 19.2 Å². The van der Waals surface area contributed by atoms with Crippen molar-refractivity contribution in [1.82, 2.24) is 14.6 Å². The molecule has 5 rings (SSSR count). The summed E-state index contributed by atoms with van der Waals surface area (Å²) in [6.45, 7) is 2.27. The molecule has 1 N–H and O–H groups in total. The maximum absolute atomic E-state index is 12.6. The van der Waals surface area contributed by atoms with Gasteiger partial charge in [-0.25, -0.2) is 4.52 Å². The lowest BCUT2D eigenvalue weighted by Gasteiger charge is -2.47. The Bertz CT molecular complexity index is 803. The van der Waals surface area contributed by atoms with Crippen LogP contribution >= 0.6 is 27.5 Å². The highest BCUT2D eigenvalue weighted by Crippen LogP contribution is 2.47. The Morgan fingerprint density at radius 3 is 2.84 bits per heavy atom. The number of anilines is 1. The minimum Gasteiger partial charge on any atom is -0.466 e. The van der Waals surface area contributed by atoms with Crippen molar-refractivity contribution in [2.75, 3.05) is 11.9 Å². The van der Waals surface area contributed by atoms with Crippen molar-refractivity contribution in [2.45, 2.75) is 38.6 Å². The van der Waals surface area contributed by atoms with Gasteiger partial charge in [-0.15, -0.1) is 5.10 Å². The smallest absolute Gasteiger partial charge is 0.311 e. The van der Waals surface area contributed by atoms with Gasteiger partial charge in [-0.05, 0) is 78.0 Å². The standard InChI is InChI=1S/C17H20BrClN4O2/c1-2-25-16(24)13-9-3-5-10(6-4-9)14(13)20-15-12-7-11(18)8-23(12)22-17(19)21-15/h7-10,13-14H,2-6H2,1H3,(H,20,21,22)/t9-,10+,13-,14?/m0/s1. The molecule has 25 heavy (non-hydrogen) atoms. The highest BCUT2D eigenvalue weighted by atomic mass is 79.9. The van der Waals surface area contributed by atoms with Crippen molar-refractivity contribution >= 4 is 44.8 Å². The van der Waals surface area contributed by atoms with Crippen LogP contribution in [-0.2, 0) is 9.53 Å². The Labute approximate surface area is 159 Å². The van der Waals surface area contributed by atoms with Crippen LogP contribution in [0.25, 0.3) is 5.52 Å². The summed E-state index contributed by atoms with van der Waals surface area (Å²) < 4.78 is 7.97. The van der Waals surface area contributed by atoms with Crippen LogP contribution in [0.5, 0.6) is 0 Å². The van der Waals surface area contributed by atoms with Gasteiger partial charge in [-0.3, -0.25) is 4.79 Å². The van der Waals surface area contributed by atoms with Crippen LogP contribution in [0.4, 0.5) is 5.82 Å². The molecule has 2 atom stereocenters. The molecule has 2 aromatic heterocycles. The zero-order chi connectivity index (χ0) is 17.6. The molecule has 3 saturated carbocycles. The third kappa shape index (κ3) is 3.12. The monoisotopic (exact) mass is 426 g/mol. The van der Waals surface area contributed by atoms with Crippen molar-refractivity contribution in [2.24, 2.45) is 17.8 Å². The summed E-state index contributed by atoms with van der Waals surface area (Å²) in [7, 11) is 0. The minimum atomic E-state index is -0.125. The third-order valence-corrected chi connectivity index (χ3v) is 6.08. The molecule has 0 saturated heterocycles. The Hall–Kier alpha value is -1.34. The first-order chi connectivity index (χ1) is 12.1. The van der Waals surface area contributed by atoms with E-state index in [0.29, 0.717) is 24.3 Å². The zero-order valence-corrected chi connectivity index (χ0v) is 16.3. The van der Waals surface area contributed by atoms with E-state index in [0.717, 1.165) is 35.7 Å². The van der Waals surface area contributed by atoms with E-state index in [4.69, 9.17) is 16.3 Å². The maximum atomic E-state index is 12.6. The fraction of sp³-hybridized carbons (Fsp3) is 0.588. The average molecular weight is 428 g/mol. The third-order valence-electron chi connectivity index (χ3n) is 5.49. The Morgan fingerprint density at radius 2 is 2.12 bits per heavy atom. The van der Waals surface area contributed by atoms with Gasteiger partial charge in [0, 0.05) is 16.7 Å². The fourth-order valence-corrected chi connectivity index (χ4v) is 5.02. The molecule has 134 valence electrons. The van der Waals surface area contributed by atoms with Gasteiger partial charge in [0.15, 0.2) is 5.82 Å². The number of fused-ring (bicyclic) bond motifs is 4. The number of aromatic nitrogens is 3. The van der Waals surface area contributed by atoms with E-state index in [-0.39, 0.29) is 23.2 Å². The largest absolute Gasteiger partial charge is 0.466 e. The van der Waals surface area contributed by atoms with Crippen molar-refractivity contribution in [3.05, 3.63) is 22.0 Å². The lowest BCUT2D eigenvalue weighted by Crippen LogP contribution is -2.52. The molecule has 0 aromatic carbocycles. The van der Waals surface area contributed by atoms with Crippen molar-refractivity contribution in [1.29, 1.82) is 0 Å². The first kappa shape index (κ1) is 17.1. The fourth-order valence-electron chi connectivity index (χ4n) is 4.44. The number of rotatable bonds is 4. The second kappa shape index (κ2) is 6.76. The lowest BCUT2D eigenvalue weighted by atomic mass is 9.61. The molecule has 3 aliphatic carbocycles. The molecule has 0 amide bonds. The van der Waals surface area contributed by atoms with E-state index in [1.165, 1.54) is 0 Å². The summed E-state index contributed by atoms with van der Waals surface area (Å²) in [5, 5.41) is 7.88. The van der Waals surface area contributed by atoms with E-state index in [9.17, 15) is 4.79 Å². The van der Waals surface area contributed by atoms with E-state index in [2.05, 4.69) is 31.3 Å². The van der Waals surface area contributed by atoms with Crippen molar-refractivity contribution in [3.63, 3.8) is 0 Å². The van der Waals surface area contributed by atoms with Gasteiger partial charge in [-0.2, -0.15) is 4.98 Å². The van der Waals surface area contributed by atoms with Crippen LogP contribution in [0, 0.1) is 17.8 Å². The van der Waals surface area contributed by atoms with Crippen LogP contribution in [0.2, 0.25) is 5.28 Å². The molecular weight excluding hydrogens is 408 g/mol. The van der Waals surface area contributed by atoms with Gasteiger partial charge in [-0.1, -0.05) is 0 Å². The highest BCUT2D eigenvalue weighted by Gasteiger charge is 2.48. The van der Waals surface area contributed by atoms with Gasteiger partial charge in [0.1, 0.15) is 5.52 Å². The van der Waals surface area contributed by atoms with Crippen LogP contribution in [0.15, 0.2) is 16.7 Å². The molecular formula is C17H20BrClN4O2. The van der Waals surface area contributed by atoms with E-state index < -0.39 is 0 Å². The molecule has 1 unspecified atom stereocenters. The molecule has 2 heterocycles. The van der Waals surface area contributed by atoms with E-state index >= 15 is 0 Å². The average Bonchev–Trinajstić information content (AvgIpc) is 2.96. The second-order valence-electron chi connectivity index (χ2n) is 6.84. The van der Waals surface area contributed by atoms with Crippen molar-refractivity contribution in [3.8, 4) is 0 Å². The minimum absolute atomic E-state index is 0.0231. The SMILES string of the molecule is CCOC(=O)[C@@H]1C(Nc2nc(Cl)nn3cc(Br)cc23)[C@H]2CC[C@@H]1CC2. The highest BCUT2D eigenvalue weighted by molar-refractivity contribution is 9.10. The summed E-state index contributed by atoms with van der Waals surface area (Å²) >= 11 is 9.55. The summed E-state index contributed by atoms with van der Waals surface area (Å²) in [5.74, 6) is 1.28. The number of hydrogen-bond acceptors (Lipinski definition) is 5. The van der Waals surface area contributed by atoms with Crippen LogP contribution in [-0.4, -0.2) is 33.2 Å². The molecule has 0 spiro atoms. The quantitative estimate of drug-likeness (QED) is 0.749. The van der Waals surface area contributed by atoms with E-state index in [1.54, 1.807) is 4.52 Å². The molecule has 6 nitrogen and oxygen atoms in total. The Morgan fingerprint density at radius 1 is 1.40 bits per heavy atom. The molecule has 0 aliphatic heterocycles. The topological polar surface area (TPSA) is 68.5 Å². The summed E-state index contributed by atoms with van der Waals surface area (Å²) in [6, 6.07) is 1.97. The van der Waals surface area contributed by atoms with Crippen LogP contribution < -0.4 is 5.32 Å². The molecule has 3 fully saturated rings. The summed E-state index contributed by atoms with van der Waals surface area (Å²) in [4.78, 5) is 17.0. The van der Waals surface area contributed by atoms with Crippen molar-refractivity contribution < 1.29 is 9.53 Å². The summed E-state index contributed by atoms with van der Waals surface area (Å²) in [5.41, 5.74) is 0.834. The predicted octanol–water partition coefficient (Wildman–Crippen LogP) is 3.93. The zero-order valence-electron chi connectivity index (χ0n) is 13.9. The Balaban J connectivity index is 1.69. The second-order valence-corrected chi connectivity index (χ2v) is 8.09. The molecule has 8 heteroatoms. The summed E-state index contributed by atoms with van der Waals surface area (Å²) in [6.07, 6.45) is 6.31. The number of nitrogens with zero attached hydrogens (tertiary/aromatic N) is 3. The number of ether oxygens (including phenoxy) is 1. The lowest BCUT2D eigenvalue weighted by molar-refractivity contribution is -0.154. The first-order valence-electron chi connectivity index (χ1n) is 8.71. The molecule has 2 aromatic rings. The number of carbonyl (C=O) groups excluding carboxylic acids is 1. The molecule has 3 aliphatic rings. The normalized spacial score (nSPS) is 28.3. The van der Waals surface area contributed by atoms with Gasteiger partial charge >= 0.3 is 5.97 Å². The maximum Gasteiger partial charge on any atom is 0.311 e. The molecule has 0 radical (unpaired) electrons. The number of carbonyl (C=O) groups is 1. The van der Waals surface area contributed by atoms with Gasteiger partial charge in [0.25, 0.3) is 0 Å². The number of halogens is 2.